The molecule has 0 spiro atoms. The van der Waals surface area contributed by atoms with Crippen molar-refractivity contribution < 1.29 is 9.90 Å². The summed E-state index contributed by atoms with van der Waals surface area (Å²) in [5.41, 5.74) is 2.87. The van der Waals surface area contributed by atoms with Gasteiger partial charge < -0.3 is 10.4 Å². The highest BCUT2D eigenvalue weighted by Crippen LogP contribution is 2.30. The smallest absolute Gasteiger partial charge is 0.335 e. The molecule has 0 aliphatic heterocycles. The quantitative estimate of drug-likeness (QED) is 0.873. The molecule has 0 unspecified atom stereocenters. The van der Waals surface area contributed by atoms with Gasteiger partial charge in [-0.15, -0.1) is 12.4 Å². The monoisotopic (exact) mass is 255 g/mol. The molecule has 1 aromatic rings. The van der Waals surface area contributed by atoms with E-state index in [4.69, 9.17) is 5.11 Å². The van der Waals surface area contributed by atoms with Gasteiger partial charge in [0.15, 0.2) is 0 Å². The number of halogens is 1. The molecule has 1 aliphatic carbocycles. The first-order valence-corrected chi connectivity index (χ1v) is 5.82. The second-order valence-electron chi connectivity index (χ2n) is 4.22. The molecule has 0 radical (unpaired) electrons. The second kappa shape index (κ2) is 6.03. The van der Waals surface area contributed by atoms with E-state index in [9.17, 15) is 4.79 Å². The van der Waals surface area contributed by atoms with Crippen molar-refractivity contribution in [1.82, 2.24) is 5.32 Å². The number of rotatable bonds is 3. The van der Waals surface area contributed by atoms with E-state index in [2.05, 4.69) is 12.2 Å². The maximum absolute atomic E-state index is 10.9. The largest absolute Gasteiger partial charge is 0.478 e. The lowest BCUT2D eigenvalue weighted by molar-refractivity contribution is 0.0696. The van der Waals surface area contributed by atoms with Gasteiger partial charge in [0, 0.05) is 6.04 Å². The SMILES string of the molecule is CCN[C@@H]1CCCc2cc(C(=O)O)ccc21.Cl. The summed E-state index contributed by atoms with van der Waals surface area (Å²) in [5, 5.41) is 12.4. The first kappa shape index (κ1) is 14.0. The maximum atomic E-state index is 10.9. The molecule has 0 saturated heterocycles. The van der Waals surface area contributed by atoms with E-state index in [-0.39, 0.29) is 12.4 Å². The summed E-state index contributed by atoms with van der Waals surface area (Å²) in [6.07, 6.45) is 3.28. The third-order valence-corrected chi connectivity index (χ3v) is 3.15. The van der Waals surface area contributed by atoms with Gasteiger partial charge in [-0.05, 0) is 49.1 Å². The molecular formula is C13H18ClNO2. The molecule has 0 bridgehead atoms. The van der Waals surface area contributed by atoms with Crippen LogP contribution in [0.3, 0.4) is 0 Å². The zero-order valence-electron chi connectivity index (χ0n) is 9.90. The Morgan fingerprint density at radius 2 is 2.29 bits per heavy atom. The Labute approximate surface area is 108 Å². The summed E-state index contributed by atoms with van der Waals surface area (Å²) >= 11 is 0. The van der Waals surface area contributed by atoms with Crippen molar-refractivity contribution in [1.29, 1.82) is 0 Å². The fourth-order valence-electron chi connectivity index (χ4n) is 2.41. The number of aryl methyl sites for hydroxylation is 1. The molecule has 0 fully saturated rings. The predicted molar refractivity (Wildman–Crippen MR) is 70.0 cm³/mol. The van der Waals surface area contributed by atoms with Gasteiger partial charge in [-0.2, -0.15) is 0 Å². The molecule has 4 heteroatoms. The van der Waals surface area contributed by atoms with Crippen molar-refractivity contribution in [2.75, 3.05) is 6.54 Å². The van der Waals surface area contributed by atoms with Crippen LogP contribution in [0.1, 0.15) is 47.3 Å². The number of fused-ring (bicyclic) bond motifs is 1. The van der Waals surface area contributed by atoms with Crippen LogP contribution in [0.4, 0.5) is 0 Å². The number of carboxylic acid groups (broad SMARTS) is 1. The summed E-state index contributed by atoms with van der Waals surface area (Å²) in [7, 11) is 0. The normalized spacial score (nSPS) is 18.1. The predicted octanol–water partition coefficient (Wildman–Crippen LogP) is 2.79. The minimum atomic E-state index is -0.839. The lowest BCUT2D eigenvalue weighted by atomic mass is 9.86. The summed E-state index contributed by atoms with van der Waals surface area (Å²) < 4.78 is 0. The number of benzene rings is 1. The molecule has 0 aromatic heterocycles. The Kier molecular flexibility index (Phi) is 4.97. The van der Waals surface area contributed by atoms with Gasteiger partial charge in [0.25, 0.3) is 0 Å². The van der Waals surface area contributed by atoms with E-state index in [0.717, 1.165) is 25.8 Å². The Bertz CT molecular complexity index is 406. The average Bonchev–Trinajstić information content (AvgIpc) is 2.29. The summed E-state index contributed by atoms with van der Waals surface area (Å²) in [5.74, 6) is -0.839. The van der Waals surface area contributed by atoms with Gasteiger partial charge in [-0.25, -0.2) is 4.79 Å². The van der Waals surface area contributed by atoms with Crippen LogP contribution < -0.4 is 5.32 Å². The number of nitrogens with one attached hydrogen (secondary N) is 1. The van der Waals surface area contributed by atoms with Crippen LogP contribution in [0.2, 0.25) is 0 Å². The van der Waals surface area contributed by atoms with Crippen LogP contribution in [-0.2, 0) is 6.42 Å². The Hall–Kier alpha value is -1.06. The van der Waals surface area contributed by atoms with Crippen LogP contribution >= 0.6 is 12.4 Å². The standard InChI is InChI=1S/C13H17NO2.ClH/c1-2-14-12-5-3-4-9-8-10(13(15)16)6-7-11(9)12;/h6-8,12,14H,2-5H2,1H3,(H,15,16);1H/t12-;/m1./s1. The third kappa shape index (κ3) is 2.99. The zero-order chi connectivity index (χ0) is 11.5. The maximum Gasteiger partial charge on any atom is 0.335 e. The molecule has 0 heterocycles. The van der Waals surface area contributed by atoms with Crippen LogP contribution in [0.5, 0.6) is 0 Å². The molecular weight excluding hydrogens is 238 g/mol. The van der Waals surface area contributed by atoms with Crippen LogP contribution in [0.15, 0.2) is 18.2 Å². The number of aromatic carboxylic acids is 1. The van der Waals surface area contributed by atoms with Crippen LogP contribution in [0, 0.1) is 0 Å². The van der Waals surface area contributed by atoms with Crippen molar-refractivity contribution in [3.05, 3.63) is 34.9 Å². The van der Waals surface area contributed by atoms with E-state index in [1.54, 1.807) is 6.07 Å². The minimum Gasteiger partial charge on any atom is -0.478 e. The third-order valence-electron chi connectivity index (χ3n) is 3.15. The van der Waals surface area contributed by atoms with Gasteiger partial charge in [0.05, 0.1) is 5.56 Å². The molecule has 1 aliphatic rings. The molecule has 94 valence electrons. The molecule has 0 amide bonds. The molecule has 2 N–H and O–H groups in total. The van der Waals surface area contributed by atoms with Gasteiger partial charge in [-0.1, -0.05) is 13.0 Å². The summed E-state index contributed by atoms with van der Waals surface area (Å²) in [4.78, 5) is 10.9. The van der Waals surface area contributed by atoms with Gasteiger partial charge in [0.1, 0.15) is 0 Å². The minimum absolute atomic E-state index is 0. The average molecular weight is 256 g/mol. The van der Waals surface area contributed by atoms with Gasteiger partial charge in [0.2, 0.25) is 0 Å². The molecule has 3 nitrogen and oxygen atoms in total. The highest BCUT2D eigenvalue weighted by atomic mass is 35.5. The fourth-order valence-corrected chi connectivity index (χ4v) is 2.41. The number of carbonyl (C=O) groups is 1. The lowest BCUT2D eigenvalue weighted by Gasteiger charge is -2.26. The lowest BCUT2D eigenvalue weighted by Crippen LogP contribution is -2.25. The zero-order valence-corrected chi connectivity index (χ0v) is 10.7. The Morgan fingerprint density at radius 1 is 1.53 bits per heavy atom. The highest BCUT2D eigenvalue weighted by Gasteiger charge is 2.20. The number of hydrogen-bond donors (Lipinski definition) is 2. The van der Waals surface area contributed by atoms with Crippen molar-refractivity contribution in [3.8, 4) is 0 Å². The molecule has 0 saturated carbocycles. The number of hydrogen-bond acceptors (Lipinski definition) is 2. The molecule has 1 aromatic carbocycles. The second-order valence-corrected chi connectivity index (χ2v) is 4.22. The van der Waals surface area contributed by atoms with Gasteiger partial charge >= 0.3 is 5.97 Å². The summed E-state index contributed by atoms with van der Waals surface area (Å²) in [6, 6.07) is 5.89. The van der Waals surface area contributed by atoms with Crippen molar-refractivity contribution in [2.45, 2.75) is 32.2 Å². The van der Waals surface area contributed by atoms with Crippen LogP contribution in [0.25, 0.3) is 0 Å². The Balaban J connectivity index is 0.00000144. The van der Waals surface area contributed by atoms with Crippen molar-refractivity contribution in [3.63, 3.8) is 0 Å². The van der Waals surface area contributed by atoms with E-state index in [1.165, 1.54) is 11.1 Å². The van der Waals surface area contributed by atoms with E-state index >= 15 is 0 Å². The first-order chi connectivity index (χ1) is 7.72. The molecule has 1 atom stereocenters. The topological polar surface area (TPSA) is 49.3 Å². The van der Waals surface area contributed by atoms with Crippen LogP contribution in [-0.4, -0.2) is 17.6 Å². The molecule has 2 rings (SSSR count). The van der Waals surface area contributed by atoms with Crippen molar-refractivity contribution in [2.24, 2.45) is 0 Å². The summed E-state index contributed by atoms with van der Waals surface area (Å²) in [6.45, 7) is 3.05. The van der Waals surface area contributed by atoms with Gasteiger partial charge in [-0.3, -0.25) is 0 Å². The van der Waals surface area contributed by atoms with E-state index < -0.39 is 5.97 Å². The van der Waals surface area contributed by atoms with E-state index in [1.807, 2.05) is 12.1 Å². The van der Waals surface area contributed by atoms with E-state index in [0.29, 0.717) is 11.6 Å². The molecule has 17 heavy (non-hydrogen) atoms. The number of carboxylic acids is 1. The Morgan fingerprint density at radius 3 is 2.94 bits per heavy atom. The van der Waals surface area contributed by atoms with Crippen molar-refractivity contribution >= 4 is 18.4 Å². The fraction of sp³-hybridized carbons (Fsp3) is 0.462. The first-order valence-electron chi connectivity index (χ1n) is 5.82. The highest BCUT2D eigenvalue weighted by molar-refractivity contribution is 5.88.